The van der Waals surface area contributed by atoms with Crippen LogP contribution >= 0.6 is 24.0 Å². The predicted octanol–water partition coefficient (Wildman–Crippen LogP) is 4.26. The molecule has 0 aliphatic carbocycles. The molecule has 1 atom stereocenters. The first-order chi connectivity index (χ1) is 14.7. The third kappa shape index (κ3) is 5.46. The summed E-state index contributed by atoms with van der Waals surface area (Å²) >= 11 is 0. The van der Waals surface area contributed by atoms with Crippen molar-refractivity contribution < 1.29 is 9.53 Å². The first-order valence-corrected chi connectivity index (χ1v) is 10.1. The summed E-state index contributed by atoms with van der Waals surface area (Å²) in [6.45, 7) is 1.30. The summed E-state index contributed by atoms with van der Waals surface area (Å²) < 4.78 is 5.29. The van der Waals surface area contributed by atoms with Gasteiger partial charge in [-0.05, 0) is 46.2 Å². The van der Waals surface area contributed by atoms with Crippen LogP contribution in [0.2, 0.25) is 0 Å². The summed E-state index contributed by atoms with van der Waals surface area (Å²) in [5.41, 5.74) is 3.22. The fourth-order valence-electron chi connectivity index (χ4n) is 3.82. The molecule has 0 radical (unpaired) electrons. The summed E-state index contributed by atoms with van der Waals surface area (Å²) in [5, 5.41) is 12.0. The maximum absolute atomic E-state index is 12.0. The molecule has 1 unspecified atom stereocenters. The Morgan fingerprint density at radius 1 is 1.10 bits per heavy atom. The molecule has 1 amide bonds. The highest BCUT2D eigenvalue weighted by molar-refractivity contribution is 14.0. The molecule has 1 heterocycles. The number of carbonyl (C=O) groups is 1. The summed E-state index contributed by atoms with van der Waals surface area (Å²) in [7, 11) is 3.43. The zero-order chi connectivity index (χ0) is 20.9. The molecule has 0 saturated carbocycles. The molecular weight excluding hydrogens is 503 g/mol. The van der Waals surface area contributed by atoms with Crippen LogP contribution in [0.25, 0.3) is 10.8 Å². The number of para-hydroxylation sites is 1. The standard InChI is InChI=1S/C24H26N4O2.HI/c1-25-24(27-15-19-13-23(29)28-22-6-4-3-5-21(19)22)26-14-16-7-8-18-12-20(30-2)10-9-17(18)11-16;/h3-12,19H,13-15H2,1-2H3,(H,28,29)(H2,25,26,27);1H. The highest BCUT2D eigenvalue weighted by Crippen LogP contribution is 2.31. The second-order valence-corrected chi connectivity index (χ2v) is 7.39. The van der Waals surface area contributed by atoms with Gasteiger partial charge in [0.15, 0.2) is 5.96 Å². The third-order valence-electron chi connectivity index (χ3n) is 5.42. The van der Waals surface area contributed by atoms with Gasteiger partial charge in [0.1, 0.15) is 5.75 Å². The number of hydrogen-bond acceptors (Lipinski definition) is 3. The van der Waals surface area contributed by atoms with E-state index in [0.29, 0.717) is 25.5 Å². The van der Waals surface area contributed by atoms with Crippen molar-refractivity contribution in [1.29, 1.82) is 0 Å². The quantitative estimate of drug-likeness (QED) is 0.262. The smallest absolute Gasteiger partial charge is 0.225 e. The Hall–Kier alpha value is -2.81. The average molecular weight is 530 g/mol. The average Bonchev–Trinajstić information content (AvgIpc) is 2.78. The molecule has 7 heteroatoms. The molecule has 31 heavy (non-hydrogen) atoms. The number of rotatable bonds is 5. The lowest BCUT2D eigenvalue weighted by Crippen LogP contribution is -2.40. The lowest BCUT2D eigenvalue weighted by atomic mass is 9.90. The topological polar surface area (TPSA) is 74.8 Å². The number of guanidine groups is 1. The van der Waals surface area contributed by atoms with E-state index in [9.17, 15) is 4.79 Å². The molecule has 3 N–H and O–H groups in total. The molecule has 3 aromatic rings. The number of fused-ring (bicyclic) bond motifs is 2. The van der Waals surface area contributed by atoms with Crippen LogP contribution in [0.4, 0.5) is 5.69 Å². The number of methoxy groups -OCH3 is 1. The van der Waals surface area contributed by atoms with Gasteiger partial charge in [-0.25, -0.2) is 0 Å². The third-order valence-corrected chi connectivity index (χ3v) is 5.42. The molecule has 1 aliphatic heterocycles. The van der Waals surface area contributed by atoms with Gasteiger partial charge >= 0.3 is 0 Å². The number of hydrogen-bond donors (Lipinski definition) is 3. The van der Waals surface area contributed by atoms with Crippen molar-refractivity contribution in [3.63, 3.8) is 0 Å². The minimum atomic E-state index is 0. The van der Waals surface area contributed by atoms with Gasteiger partial charge in [-0.1, -0.05) is 36.4 Å². The molecule has 0 bridgehead atoms. The number of carbonyl (C=O) groups excluding carboxylic acids is 1. The molecule has 162 valence electrons. The Kier molecular flexibility index (Phi) is 7.73. The number of ether oxygens (including phenoxy) is 1. The molecule has 4 rings (SSSR count). The van der Waals surface area contributed by atoms with Gasteiger partial charge in [0.05, 0.1) is 7.11 Å². The Morgan fingerprint density at radius 2 is 1.87 bits per heavy atom. The Bertz CT molecular complexity index is 1100. The molecule has 0 fully saturated rings. The normalized spacial score (nSPS) is 15.5. The van der Waals surface area contributed by atoms with E-state index in [1.807, 2.05) is 30.3 Å². The summed E-state index contributed by atoms with van der Waals surface area (Å²) in [5.74, 6) is 1.74. The number of aliphatic imine (C=N–C) groups is 1. The highest BCUT2D eigenvalue weighted by atomic mass is 127. The van der Waals surface area contributed by atoms with E-state index < -0.39 is 0 Å². The lowest BCUT2D eigenvalue weighted by Gasteiger charge is -2.26. The van der Waals surface area contributed by atoms with Crippen LogP contribution in [-0.2, 0) is 11.3 Å². The van der Waals surface area contributed by atoms with Gasteiger partial charge in [-0.3, -0.25) is 9.79 Å². The number of anilines is 1. The van der Waals surface area contributed by atoms with Crippen molar-refractivity contribution in [2.45, 2.75) is 18.9 Å². The first-order valence-electron chi connectivity index (χ1n) is 10.1. The molecule has 0 spiro atoms. The minimum Gasteiger partial charge on any atom is -0.497 e. The second-order valence-electron chi connectivity index (χ2n) is 7.39. The zero-order valence-corrected chi connectivity index (χ0v) is 20.0. The van der Waals surface area contributed by atoms with Crippen molar-refractivity contribution >= 4 is 52.3 Å². The Balaban J connectivity index is 0.00000272. The van der Waals surface area contributed by atoms with Crippen molar-refractivity contribution in [2.75, 3.05) is 26.0 Å². The van der Waals surface area contributed by atoms with E-state index in [2.05, 4.69) is 51.3 Å². The van der Waals surface area contributed by atoms with Gasteiger partial charge in [0.2, 0.25) is 5.91 Å². The second kappa shape index (κ2) is 10.5. The van der Waals surface area contributed by atoms with Crippen molar-refractivity contribution in [3.8, 4) is 5.75 Å². The number of benzene rings is 3. The molecular formula is C24H27IN4O2. The van der Waals surface area contributed by atoms with Crippen molar-refractivity contribution in [1.82, 2.24) is 10.6 Å². The summed E-state index contributed by atoms with van der Waals surface area (Å²) in [6, 6.07) is 20.4. The van der Waals surface area contributed by atoms with Crippen molar-refractivity contribution in [2.24, 2.45) is 4.99 Å². The fourth-order valence-corrected chi connectivity index (χ4v) is 3.82. The summed E-state index contributed by atoms with van der Waals surface area (Å²) in [4.78, 5) is 16.3. The number of amides is 1. The molecule has 3 aromatic carbocycles. The highest BCUT2D eigenvalue weighted by Gasteiger charge is 2.24. The van der Waals surface area contributed by atoms with Crippen LogP contribution in [0, 0.1) is 0 Å². The minimum absolute atomic E-state index is 0. The van der Waals surface area contributed by atoms with E-state index in [-0.39, 0.29) is 35.8 Å². The monoisotopic (exact) mass is 530 g/mol. The van der Waals surface area contributed by atoms with E-state index in [4.69, 9.17) is 4.74 Å². The maximum atomic E-state index is 12.0. The van der Waals surface area contributed by atoms with E-state index in [1.54, 1.807) is 14.2 Å². The van der Waals surface area contributed by atoms with Gasteiger partial charge in [0, 0.05) is 38.2 Å². The molecule has 1 aliphatic rings. The van der Waals surface area contributed by atoms with Crippen LogP contribution in [0.5, 0.6) is 5.75 Å². The van der Waals surface area contributed by atoms with Gasteiger partial charge in [-0.2, -0.15) is 0 Å². The number of nitrogens with zero attached hydrogens (tertiary/aromatic N) is 1. The fraction of sp³-hybridized carbons (Fsp3) is 0.250. The van der Waals surface area contributed by atoms with Gasteiger partial charge < -0.3 is 20.7 Å². The molecule has 0 saturated heterocycles. The molecule has 0 aromatic heterocycles. The molecule has 6 nitrogen and oxygen atoms in total. The van der Waals surface area contributed by atoms with E-state index >= 15 is 0 Å². The zero-order valence-electron chi connectivity index (χ0n) is 17.6. The van der Waals surface area contributed by atoms with Gasteiger partial charge in [0.25, 0.3) is 0 Å². The number of halogens is 1. The van der Waals surface area contributed by atoms with Crippen LogP contribution in [-0.4, -0.2) is 32.6 Å². The van der Waals surface area contributed by atoms with Crippen molar-refractivity contribution in [3.05, 3.63) is 71.8 Å². The van der Waals surface area contributed by atoms with E-state index in [1.165, 1.54) is 5.39 Å². The Labute approximate surface area is 199 Å². The van der Waals surface area contributed by atoms with E-state index in [0.717, 1.165) is 28.0 Å². The number of nitrogens with one attached hydrogen (secondary N) is 3. The maximum Gasteiger partial charge on any atom is 0.225 e. The predicted molar refractivity (Wildman–Crippen MR) is 137 cm³/mol. The largest absolute Gasteiger partial charge is 0.497 e. The SMILES string of the molecule is CN=C(NCc1ccc2cc(OC)ccc2c1)NCC1CC(=O)Nc2ccccc21.I. The van der Waals surface area contributed by atoms with Crippen LogP contribution in [0.15, 0.2) is 65.7 Å². The van der Waals surface area contributed by atoms with Crippen LogP contribution in [0.1, 0.15) is 23.5 Å². The lowest BCUT2D eigenvalue weighted by molar-refractivity contribution is -0.116. The Morgan fingerprint density at radius 3 is 2.68 bits per heavy atom. The van der Waals surface area contributed by atoms with Crippen LogP contribution in [0.3, 0.4) is 0 Å². The summed E-state index contributed by atoms with van der Waals surface area (Å²) in [6.07, 6.45) is 0.467. The van der Waals surface area contributed by atoms with Crippen LogP contribution < -0.4 is 20.7 Å². The van der Waals surface area contributed by atoms with Gasteiger partial charge in [-0.15, -0.1) is 24.0 Å². The first kappa shape index (κ1) is 22.9.